The third kappa shape index (κ3) is 3.03. The molecule has 98 valence electrons. The first kappa shape index (κ1) is 13.4. The van der Waals surface area contributed by atoms with Crippen molar-refractivity contribution in [2.45, 2.75) is 6.92 Å². The highest BCUT2D eigenvalue weighted by Gasteiger charge is 2.08. The van der Waals surface area contributed by atoms with Crippen LogP contribution in [0.5, 0.6) is 11.5 Å². The molecule has 0 radical (unpaired) electrons. The lowest BCUT2D eigenvalue weighted by Gasteiger charge is -2.09. The zero-order valence-corrected chi connectivity index (χ0v) is 11.8. The van der Waals surface area contributed by atoms with Crippen molar-refractivity contribution < 1.29 is 9.94 Å². The van der Waals surface area contributed by atoms with Gasteiger partial charge in [0.1, 0.15) is 11.5 Å². The summed E-state index contributed by atoms with van der Waals surface area (Å²) in [5.41, 5.74) is 6.94. The van der Waals surface area contributed by atoms with Crippen molar-refractivity contribution in [2.75, 3.05) is 0 Å². The number of amidine groups is 1. The van der Waals surface area contributed by atoms with Crippen molar-refractivity contribution in [3.8, 4) is 11.5 Å². The summed E-state index contributed by atoms with van der Waals surface area (Å²) in [6.45, 7) is 1.87. The predicted octanol–water partition coefficient (Wildman–Crippen LogP) is 3.04. The molecule has 0 bridgehead atoms. The molecule has 1 aromatic heterocycles. The van der Waals surface area contributed by atoms with Gasteiger partial charge in [-0.3, -0.25) is 4.98 Å². The van der Waals surface area contributed by atoms with E-state index in [1.54, 1.807) is 24.4 Å². The molecular formula is C13H12BrN3O2. The molecule has 0 spiro atoms. The average molecular weight is 322 g/mol. The molecule has 3 N–H and O–H groups in total. The number of halogens is 1. The first-order chi connectivity index (χ1) is 9.11. The van der Waals surface area contributed by atoms with E-state index in [0.29, 0.717) is 21.5 Å². The van der Waals surface area contributed by atoms with Crippen LogP contribution in [-0.4, -0.2) is 16.0 Å². The second-order valence-electron chi connectivity index (χ2n) is 3.82. The average Bonchev–Trinajstić information content (AvgIpc) is 2.41. The fraction of sp³-hybridized carbons (Fsp3) is 0.0769. The summed E-state index contributed by atoms with van der Waals surface area (Å²) in [7, 11) is 0. The number of hydrogen-bond acceptors (Lipinski definition) is 4. The summed E-state index contributed by atoms with van der Waals surface area (Å²) >= 11 is 3.35. The Morgan fingerprint density at radius 2 is 2.21 bits per heavy atom. The Kier molecular flexibility index (Phi) is 4.01. The molecule has 19 heavy (non-hydrogen) atoms. The number of hydrogen-bond donors (Lipinski definition) is 2. The van der Waals surface area contributed by atoms with Gasteiger partial charge >= 0.3 is 0 Å². The molecule has 0 aliphatic carbocycles. The molecule has 0 saturated carbocycles. The number of rotatable bonds is 3. The molecule has 0 amide bonds. The molecule has 0 atom stereocenters. The topological polar surface area (TPSA) is 80.7 Å². The van der Waals surface area contributed by atoms with Crippen molar-refractivity contribution in [3.63, 3.8) is 0 Å². The van der Waals surface area contributed by atoms with Crippen LogP contribution in [0.1, 0.15) is 11.3 Å². The highest BCUT2D eigenvalue weighted by atomic mass is 79.9. The Morgan fingerprint density at radius 3 is 2.84 bits per heavy atom. The zero-order chi connectivity index (χ0) is 13.8. The number of aryl methyl sites for hydroxylation is 1. The van der Waals surface area contributed by atoms with Crippen LogP contribution < -0.4 is 10.5 Å². The van der Waals surface area contributed by atoms with Crippen LogP contribution in [0.25, 0.3) is 0 Å². The fourth-order valence-electron chi connectivity index (χ4n) is 1.53. The highest BCUT2D eigenvalue weighted by Crippen LogP contribution is 2.28. The Morgan fingerprint density at radius 1 is 1.42 bits per heavy atom. The molecule has 6 heteroatoms. The van der Waals surface area contributed by atoms with Gasteiger partial charge in [0.05, 0.1) is 5.69 Å². The van der Waals surface area contributed by atoms with Crippen LogP contribution in [0.2, 0.25) is 0 Å². The second kappa shape index (κ2) is 5.71. The summed E-state index contributed by atoms with van der Waals surface area (Å²) in [6, 6.07) is 8.85. The van der Waals surface area contributed by atoms with E-state index in [4.69, 9.17) is 15.7 Å². The lowest BCUT2D eigenvalue weighted by atomic mass is 10.2. The molecule has 5 nitrogen and oxygen atoms in total. The van der Waals surface area contributed by atoms with Crippen molar-refractivity contribution in [2.24, 2.45) is 10.9 Å². The van der Waals surface area contributed by atoms with Crippen molar-refractivity contribution in [3.05, 3.63) is 52.3 Å². The van der Waals surface area contributed by atoms with Gasteiger partial charge in [-0.15, -0.1) is 0 Å². The molecule has 2 rings (SSSR count). The van der Waals surface area contributed by atoms with Crippen LogP contribution in [0, 0.1) is 6.92 Å². The molecule has 0 fully saturated rings. The monoisotopic (exact) mass is 321 g/mol. The number of nitrogens with zero attached hydrogens (tertiary/aromatic N) is 2. The Labute approximate surface area is 118 Å². The quantitative estimate of drug-likeness (QED) is 0.394. The van der Waals surface area contributed by atoms with Gasteiger partial charge in [-0.05, 0) is 53.2 Å². The van der Waals surface area contributed by atoms with E-state index in [1.807, 2.05) is 19.1 Å². The van der Waals surface area contributed by atoms with Gasteiger partial charge in [0.25, 0.3) is 0 Å². The SMILES string of the molecule is Cc1ncccc1Oc1ccc(/C(N)=N/O)c(Br)c1. The van der Waals surface area contributed by atoms with Gasteiger partial charge < -0.3 is 15.7 Å². The lowest BCUT2D eigenvalue weighted by Crippen LogP contribution is -2.13. The van der Waals surface area contributed by atoms with E-state index < -0.39 is 0 Å². The molecule has 0 aliphatic heterocycles. The molecule has 0 aliphatic rings. The molecule has 0 saturated heterocycles. The number of nitrogens with two attached hydrogens (primary N) is 1. The van der Waals surface area contributed by atoms with Crippen LogP contribution in [0.3, 0.4) is 0 Å². The normalized spacial score (nSPS) is 11.4. The van der Waals surface area contributed by atoms with Crippen molar-refractivity contribution in [1.82, 2.24) is 4.98 Å². The maximum absolute atomic E-state index is 8.66. The molecular weight excluding hydrogens is 310 g/mol. The van der Waals surface area contributed by atoms with Crippen LogP contribution in [0.4, 0.5) is 0 Å². The fourth-order valence-corrected chi connectivity index (χ4v) is 2.09. The minimum absolute atomic E-state index is 0.0379. The summed E-state index contributed by atoms with van der Waals surface area (Å²) in [4.78, 5) is 4.15. The maximum atomic E-state index is 8.66. The minimum atomic E-state index is 0.0379. The maximum Gasteiger partial charge on any atom is 0.171 e. The molecule has 2 aromatic rings. The molecule has 1 heterocycles. The minimum Gasteiger partial charge on any atom is -0.455 e. The van der Waals surface area contributed by atoms with E-state index in [-0.39, 0.29) is 5.84 Å². The first-order valence-corrected chi connectivity index (χ1v) is 6.28. The Hall–Kier alpha value is -2.08. The van der Waals surface area contributed by atoms with E-state index in [9.17, 15) is 0 Å². The van der Waals surface area contributed by atoms with Crippen molar-refractivity contribution >= 4 is 21.8 Å². The predicted molar refractivity (Wildman–Crippen MR) is 75.7 cm³/mol. The second-order valence-corrected chi connectivity index (χ2v) is 4.67. The van der Waals surface area contributed by atoms with Crippen molar-refractivity contribution in [1.29, 1.82) is 0 Å². The number of pyridine rings is 1. The van der Waals surface area contributed by atoms with Crippen LogP contribution >= 0.6 is 15.9 Å². The smallest absolute Gasteiger partial charge is 0.171 e. The first-order valence-electron chi connectivity index (χ1n) is 5.48. The summed E-state index contributed by atoms with van der Waals surface area (Å²) in [6.07, 6.45) is 1.71. The number of ether oxygens (including phenoxy) is 1. The summed E-state index contributed by atoms with van der Waals surface area (Å²) in [5, 5.41) is 11.6. The molecule has 0 unspecified atom stereocenters. The third-order valence-corrected chi connectivity index (χ3v) is 3.17. The highest BCUT2D eigenvalue weighted by molar-refractivity contribution is 9.10. The number of aromatic nitrogens is 1. The standard InChI is InChI=1S/C13H12BrN3O2/c1-8-12(3-2-6-16-8)19-9-4-5-10(11(14)7-9)13(15)17-18/h2-7,18H,1H3,(H2,15,17). The van der Waals surface area contributed by atoms with Gasteiger partial charge in [0.15, 0.2) is 5.84 Å². The van der Waals surface area contributed by atoms with E-state index in [0.717, 1.165) is 5.69 Å². The summed E-state index contributed by atoms with van der Waals surface area (Å²) < 4.78 is 6.40. The lowest BCUT2D eigenvalue weighted by molar-refractivity contribution is 0.318. The Bertz CT molecular complexity index is 629. The number of oxime groups is 1. The van der Waals surface area contributed by atoms with Gasteiger partial charge in [-0.2, -0.15) is 0 Å². The van der Waals surface area contributed by atoms with E-state index in [2.05, 4.69) is 26.1 Å². The van der Waals surface area contributed by atoms with Crippen LogP contribution in [0.15, 0.2) is 46.2 Å². The van der Waals surface area contributed by atoms with Gasteiger partial charge in [0, 0.05) is 16.2 Å². The largest absolute Gasteiger partial charge is 0.455 e. The molecule has 1 aromatic carbocycles. The van der Waals surface area contributed by atoms with Gasteiger partial charge in [0.2, 0.25) is 0 Å². The van der Waals surface area contributed by atoms with Gasteiger partial charge in [-0.25, -0.2) is 0 Å². The van der Waals surface area contributed by atoms with E-state index >= 15 is 0 Å². The summed E-state index contributed by atoms with van der Waals surface area (Å²) in [5.74, 6) is 1.36. The Balaban J connectivity index is 2.29. The van der Waals surface area contributed by atoms with Gasteiger partial charge in [-0.1, -0.05) is 5.16 Å². The van der Waals surface area contributed by atoms with Crippen LogP contribution in [-0.2, 0) is 0 Å². The van der Waals surface area contributed by atoms with E-state index in [1.165, 1.54) is 0 Å². The zero-order valence-electron chi connectivity index (χ0n) is 10.2. The number of benzene rings is 1. The third-order valence-electron chi connectivity index (χ3n) is 2.51.